The summed E-state index contributed by atoms with van der Waals surface area (Å²) in [5, 5.41) is 4.69. The summed E-state index contributed by atoms with van der Waals surface area (Å²) in [7, 11) is 0. The van der Waals surface area contributed by atoms with E-state index in [0.29, 0.717) is 28.4 Å². The Kier molecular flexibility index (Phi) is 3.55. The second-order valence-corrected chi connectivity index (χ2v) is 7.56. The van der Waals surface area contributed by atoms with Crippen LogP contribution in [0.5, 0.6) is 0 Å². The summed E-state index contributed by atoms with van der Waals surface area (Å²) in [6.45, 7) is 9.48. The molecule has 0 atom stereocenters. The zero-order chi connectivity index (χ0) is 19.5. The average Bonchev–Trinajstić information content (AvgIpc) is 3.13. The number of benzene rings is 1. The van der Waals surface area contributed by atoms with Crippen molar-refractivity contribution in [2.24, 2.45) is 0 Å². The van der Waals surface area contributed by atoms with Gasteiger partial charge in [0.05, 0.1) is 28.9 Å². The van der Waals surface area contributed by atoms with E-state index in [1.54, 1.807) is 18.5 Å². The fourth-order valence-electron chi connectivity index (χ4n) is 3.34. The first-order valence-electron chi connectivity index (χ1n) is 8.76. The van der Waals surface area contributed by atoms with Crippen LogP contribution in [0.1, 0.15) is 19.8 Å². The van der Waals surface area contributed by atoms with Crippen molar-refractivity contribution in [1.29, 1.82) is 0 Å². The van der Waals surface area contributed by atoms with Crippen molar-refractivity contribution in [3.05, 3.63) is 65.1 Å². The number of fused-ring (bicyclic) bond motifs is 1. The monoisotopic (exact) mass is 392 g/mol. The molecule has 5 rings (SSSR count). The molecule has 1 aliphatic carbocycles. The highest BCUT2D eigenvalue weighted by atomic mass is 35.5. The quantitative estimate of drug-likeness (QED) is 0.455. The van der Waals surface area contributed by atoms with Gasteiger partial charge >= 0.3 is 0 Å². The highest BCUT2D eigenvalue weighted by Gasteiger charge is 2.42. The van der Waals surface area contributed by atoms with E-state index in [1.165, 1.54) is 16.8 Å². The molecule has 0 radical (unpaired) electrons. The number of hydrogen-bond acceptors (Lipinski definition) is 3. The topological polar surface area (TPSA) is 52.4 Å². The molecule has 1 aliphatic rings. The van der Waals surface area contributed by atoms with Crippen LogP contribution in [-0.4, -0.2) is 24.1 Å². The minimum Gasteiger partial charge on any atom is -0.360 e. The third-order valence-electron chi connectivity index (χ3n) is 5.22. The normalized spacial score (nSPS) is 14.9. The zero-order valence-electron chi connectivity index (χ0n) is 14.9. The third-order valence-corrected chi connectivity index (χ3v) is 5.51. The van der Waals surface area contributed by atoms with E-state index in [9.17, 15) is 4.39 Å². The predicted octanol–water partition coefficient (Wildman–Crippen LogP) is 5.11. The van der Waals surface area contributed by atoms with E-state index in [2.05, 4.69) is 31.4 Å². The van der Waals surface area contributed by atoms with Gasteiger partial charge in [0.2, 0.25) is 5.65 Å². The van der Waals surface area contributed by atoms with Crippen LogP contribution < -0.4 is 0 Å². The molecule has 6 nitrogen and oxygen atoms in total. The number of hydrogen-bond donors (Lipinski definition) is 0. The van der Waals surface area contributed by atoms with E-state index in [4.69, 9.17) is 18.2 Å². The van der Waals surface area contributed by atoms with Crippen molar-refractivity contribution >= 4 is 23.1 Å². The third kappa shape index (κ3) is 2.49. The summed E-state index contributed by atoms with van der Waals surface area (Å²) in [5.41, 5.74) is 3.43. The van der Waals surface area contributed by atoms with Crippen molar-refractivity contribution in [3.8, 4) is 22.6 Å². The molecular formula is C20H14ClFN6. The molecule has 8 heteroatoms. The van der Waals surface area contributed by atoms with Crippen LogP contribution >= 0.6 is 11.6 Å². The maximum Gasteiger partial charge on any atom is 0.275 e. The Morgan fingerprint density at radius 3 is 2.75 bits per heavy atom. The maximum absolute atomic E-state index is 13.7. The number of aromatic nitrogens is 5. The summed E-state index contributed by atoms with van der Waals surface area (Å²) in [6, 6.07) is 8.26. The van der Waals surface area contributed by atoms with Crippen LogP contribution in [0, 0.1) is 12.4 Å². The molecule has 0 aliphatic heterocycles. The van der Waals surface area contributed by atoms with Gasteiger partial charge in [-0.05, 0) is 44.0 Å². The van der Waals surface area contributed by atoms with Gasteiger partial charge in [-0.3, -0.25) is 0 Å². The molecule has 0 N–H and O–H groups in total. The van der Waals surface area contributed by atoms with Gasteiger partial charge in [-0.25, -0.2) is 14.4 Å². The van der Waals surface area contributed by atoms with E-state index < -0.39 is 5.82 Å². The van der Waals surface area contributed by atoms with Crippen molar-refractivity contribution in [1.82, 2.24) is 24.1 Å². The first kappa shape index (κ1) is 16.9. The number of imidazole rings is 2. The Bertz CT molecular complexity index is 1280. The summed E-state index contributed by atoms with van der Waals surface area (Å²) in [5.74, 6) is -0.132. The largest absolute Gasteiger partial charge is 0.360 e. The van der Waals surface area contributed by atoms with Gasteiger partial charge in [-0.2, -0.15) is 0 Å². The van der Waals surface area contributed by atoms with Crippen LogP contribution in [-0.2, 0) is 5.54 Å². The van der Waals surface area contributed by atoms with E-state index >= 15 is 0 Å². The summed E-state index contributed by atoms with van der Waals surface area (Å²) in [6.07, 6.45) is 5.38. The van der Waals surface area contributed by atoms with Crippen molar-refractivity contribution in [3.63, 3.8) is 0 Å². The second-order valence-electron chi connectivity index (χ2n) is 7.15. The first-order chi connectivity index (χ1) is 13.5. The molecule has 0 spiro atoms. The van der Waals surface area contributed by atoms with Crippen LogP contribution in [0.4, 0.5) is 10.2 Å². The van der Waals surface area contributed by atoms with Crippen LogP contribution in [0.15, 0.2) is 42.9 Å². The van der Waals surface area contributed by atoms with Gasteiger partial charge in [0.25, 0.3) is 5.82 Å². The zero-order valence-corrected chi connectivity index (χ0v) is 15.7. The molecule has 1 saturated carbocycles. The lowest BCUT2D eigenvalue weighted by atomic mass is 10.1. The van der Waals surface area contributed by atoms with Crippen LogP contribution in [0.25, 0.3) is 33.1 Å². The lowest BCUT2D eigenvalue weighted by Gasteiger charge is -2.15. The number of nitrogens with zero attached hydrogens (tertiary/aromatic N) is 6. The number of rotatable bonds is 3. The molecule has 0 amide bonds. The van der Waals surface area contributed by atoms with Gasteiger partial charge in [0.15, 0.2) is 0 Å². The Morgan fingerprint density at radius 1 is 1.21 bits per heavy atom. The van der Waals surface area contributed by atoms with Crippen molar-refractivity contribution in [2.75, 3.05) is 0 Å². The fourth-order valence-corrected chi connectivity index (χ4v) is 3.52. The van der Waals surface area contributed by atoms with Gasteiger partial charge in [-0.1, -0.05) is 23.3 Å². The Hall–Kier alpha value is -3.24. The molecule has 0 bridgehead atoms. The van der Waals surface area contributed by atoms with Crippen molar-refractivity contribution in [2.45, 2.75) is 25.3 Å². The predicted molar refractivity (Wildman–Crippen MR) is 104 cm³/mol. The smallest absolute Gasteiger partial charge is 0.275 e. The highest BCUT2D eigenvalue weighted by Crippen LogP contribution is 2.47. The van der Waals surface area contributed by atoms with Crippen LogP contribution in [0.2, 0.25) is 5.02 Å². The Morgan fingerprint density at radius 2 is 2.04 bits per heavy atom. The van der Waals surface area contributed by atoms with Gasteiger partial charge in [-0.15, -0.1) is 4.52 Å². The average molecular weight is 393 g/mol. The molecule has 1 aromatic carbocycles. The molecule has 28 heavy (non-hydrogen) atoms. The minimum absolute atomic E-state index is 0.0292. The molecule has 0 unspecified atom stereocenters. The lowest BCUT2D eigenvalue weighted by molar-refractivity contribution is 0.536. The summed E-state index contributed by atoms with van der Waals surface area (Å²) in [4.78, 5) is 12.3. The molecule has 3 heterocycles. The summed E-state index contributed by atoms with van der Waals surface area (Å²) >= 11 is 6.00. The second kappa shape index (κ2) is 5.88. The Labute approximate surface area is 165 Å². The standard InChI is InChI=1S/C20H14ClFN6/c1-20(7-8-20)27-11-25-18(12-3-4-14(22)13(21)9-12)19(27)15-5-6-16-24-10-17(23-2)28(16)26-15/h3-6,9-11H,7-8H2,1H3. The Balaban J connectivity index is 1.77. The lowest BCUT2D eigenvalue weighted by Crippen LogP contribution is -2.13. The molecule has 1 fully saturated rings. The molecule has 4 aromatic rings. The highest BCUT2D eigenvalue weighted by molar-refractivity contribution is 6.31. The van der Waals surface area contributed by atoms with Gasteiger partial charge in [0.1, 0.15) is 11.5 Å². The van der Waals surface area contributed by atoms with E-state index in [1.807, 2.05) is 12.1 Å². The maximum atomic E-state index is 13.7. The van der Waals surface area contributed by atoms with Crippen molar-refractivity contribution < 1.29 is 4.39 Å². The van der Waals surface area contributed by atoms with Gasteiger partial charge in [0, 0.05) is 17.2 Å². The van der Waals surface area contributed by atoms with E-state index in [0.717, 1.165) is 18.5 Å². The van der Waals surface area contributed by atoms with Gasteiger partial charge < -0.3 is 9.41 Å². The SMILES string of the molecule is [C-]#[N+]c1cnc2ccc(-c3c(-c4ccc(F)c(Cl)c4)ncn3C3(C)CC3)nn12. The summed E-state index contributed by atoms with van der Waals surface area (Å²) < 4.78 is 17.3. The first-order valence-corrected chi connectivity index (χ1v) is 9.14. The molecular weight excluding hydrogens is 379 g/mol. The van der Waals surface area contributed by atoms with Crippen LogP contribution in [0.3, 0.4) is 0 Å². The molecule has 3 aromatic heterocycles. The molecule has 0 saturated heterocycles. The number of halogens is 2. The fraction of sp³-hybridized carbons (Fsp3) is 0.200. The van der Waals surface area contributed by atoms with E-state index in [-0.39, 0.29) is 10.6 Å². The minimum atomic E-state index is -0.472. The molecule has 138 valence electrons.